The summed E-state index contributed by atoms with van der Waals surface area (Å²) in [5.74, 6) is 0. The van der Waals surface area contributed by atoms with Crippen molar-refractivity contribution in [2.75, 3.05) is 0 Å². The minimum atomic E-state index is -0.00796. The normalized spacial score (nSPS) is 27.3. The fraction of sp³-hybridized carbons (Fsp3) is 0.250. The predicted octanol–water partition coefficient (Wildman–Crippen LogP) is 3.43. The summed E-state index contributed by atoms with van der Waals surface area (Å²) in [7, 11) is 0. The highest BCUT2D eigenvalue weighted by Gasteiger charge is 2.32. The first-order chi connectivity index (χ1) is 8.84. The van der Waals surface area contributed by atoms with E-state index in [-0.39, 0.29) is 12.3 Å². The molecule has 0 spiro atoms. The number of ether oxygens (including phenoxy) is 1. The van der Waals surface area contributed by atoms with Gasteiger partial charge in [-0.2, -0.15) is 0 Å². The first-order valence-electron chi connectivity index (χ1n) is 6.36. The van der Waals surface area contributed by atoms with Crippen LogP contribution in [-0.2, 0) is 4.74 Å². The van der Waals surface area contributed by atoms with E-state index in [0.29, 0.717) is 6.04 Å². The predicted molar refractivity (Wildman–Crippen MR) is 72.0 cm³/mol. The van der Waals surface area contributed by atoms with E-state index in [1.807, 2.05) is 24.3 Å². The van der Waals surface area contributed by atoms with Crippen molar-refractivity contribution < 1.29 is 4.74 Å². The number of nitrogens with one attached hydrogen (secondary N) is 1. The van der Waals surface area contributed by atoms with E-state index in [1.54, 1.807) is 0 Å². The van der Waals surface area contributed by atoms with E-state index < -0.39 is 0 Å². The van der Waals surface area contributed by atoms with Gasteiger partial charge < -0.3 is 4.74 Å². The SMILES string of the molecule is C[C@@H]1N[C@H](c2ccccc2)O[C@@H]1c1ccccc1. The smallest absolute Gasteiger partial charge is 0.135 e. The Morgan fingerprint density at radius 3 is 2.00 bits per heavy atom. The molecule has 0 bridgehead atoms. The van der Waals surface area contributed by atoms with Crippen LogP contribution in [0.25, 0.3) is 0 Å². The Morgan fingerprint density at radius 1 is 0.833 bits per heavy atom. The molecule has 18 heavy (non-hydrogen) atoms. The third kappa shape index (κ3) is 2.17. The van der Waals surface area contributed by atoms with Crippen LogP contribution < -0.4 is 5.32 Å². The van der Waals surface area contributed by atoms with E-state index in [2.05, 4.69) is 48.6 Å². The maximum absolute atomic E-state index is 6.13. The average Bonchev–Trinajstić information content (AvgIpc) is 2.83. The largest absolute Gasteiger partial charge is 0.350 e. The molecule has 2 heteroatoms. The summed E-state index contributed by atoms with van der Waals surface area (Å²) in [4.78, 5) is 0. The highest BCUT2D eigenvalue weighted by atomic mass is 16.5. The summed E-state index contributed by atoms with van der Waals surface area (Å²) in [6.07, 6.45) is 0.114. The molecule has 2 nitrogen and oxygen atoms in total. The molecule has 2 aromatic carbocycles. The molecule has 1 N–H and O–H groups in total. The van der Waals surface area contributed by atoms with Gasteiger partial charge in [0.15, 0.2) is 0 Å². The van der Waals surface area contributed by atoms with Crippen molar-refractivity contribution in [1.82, 2.24) is 5.32 Å². The third-order valence-electron chi connectivity index (χ3n) is 3.38. The van der Waals surface area contributed by atoms with Crippen molar-refractivity contribution in [2.45, 2.75) is 25.3 Å². The van der Waals surface area contributed by atoms with Crippen molar-refractivity contribution in [3.8, 4) is 0 Å². The maximum atomic E-state index is 6.13. The molecule has 3 atom stereocenters. The molecular weight excluding hydrogens is 222 g/mol. The van der Waals surface area contributed by atoms with Crippen LogP contribution in [-0.4, -0.2) is 6.04 Å². The van der Waals surface area contributed by atoms with Crippen LogP contribution in [0, 0.1) is 0 Å². The molecule has 1 heterocycles. The summed E-state index contributed by atoms with van der Waals surface area (Å²) in [5.41, 5.74) is 2.42. The van der Waals surface area contributed by atoms with Gasteiger partial charge in [0.05, 0.1) is 0 Å². The van der Waals surface area contributed by atoms with Gasteiger partial charge in [-0.3, -0.25) is 5.32 Å². The molecule has 1 saturated heterocycles. The number of hydrogen-bond acceptors (Lipinski definition) is 2. The van der Waals surface area contributed by atoms with Gasteiger partial charge in [0.25, 0.3) is 0 Å². The second-order valence-electron chi connectivity index (χ2n) is 4.71. The summed E-state index contributed by atoms with van der Waals surface area (Å²) >= 11 is 0. The summed E-state index contributed by atoms with van der Waals surface area (Å²) < 4.78 is 6.13. The Bertz CT molecular complexity index is 497. The number of rotatable bonds is 2. The Morgan fingerprint density at radius 2 is 1.39 bits per heavy atom. The van der Waals surface area contributed by atoms with Crippen molar-refractivity contribution in [3.63, 3.8) is 0 Å². The van der Waals surface area contributed by atoms with Crippen LogP contribution in [0.1, 0.15) is 30.4 Å². The summed E-state index contributed by atoms with van der Waals surface area (Å²) in [6, 6.07) is 21.0. The fourth-order valence-corrected chi connectivity index (χ4v) is 2.44. The van der Waals surface area contributed by atoms with Gasteiger partial charge in [-0.15, -0.1) is 0 Å². The minimum absolute atomic E-state index is 0.00796. The van der Waals surface area contributed by atoms with E-state index >= 15 is 0 Å². The van der Waals surface area contributed by atoms with Crippen LogP contribution >= 0.6 is 0 Å². The molecule has 0 amide bonds. The molecule has 3 rings (SSSR count). The van der Waals surface area contributed by atoms with Gasteiger partial charge in [0.1, 0.15) is 12.3 Å². The summed E-state index contributed by atoms with van der Waals surface area (Å²) in [6.45, 7) is 2.17. The first-order valence-corrected chi connectivity index (χ1v) is 6.36. The minimum Gasteiger partial charge on any atom is -0.350 e. The van der Waals surface area contributed by atoms with E-state index in [1.165, 1.54) is 11.1 Å². The molecule has 0 aliphatic carbocycles. The standard InChI is InChI=1S/C16H17NO/c1-12-15(13-8-4-2-5-9-13)18-16(17-12)14-10-6-3-7-11-14/h2-12,15-17H,1H3/t12-,15-,16-/m0/s1. The van der Waals surface area contributed by atoms with Crippen molar-refractivity contribution in [2.24, 2.45) is 0 Å². The fourth-order valence-electron chi connectivity index (χ4n) is 2.44. The molecule has 0 radical (unpaired) electrons. The van der Waals surface area contributed by atoms with Crippen LogP contribution in [0.5, 0.6) is 0 Å². The lowest BCUT2D eigenvalue weighted by atomic mass is 10.0. The van der Waals surface area contributed by atoms with Crippen LogP contribution in [0.2, 0.25) is 0 Å². The molecule has 0 unspecified atom stereocenters. The lowest BCUT2D eigenvalue weighted by Gasteiger charge is -2.14. The average molecular weight is 239 g/mol. The van der Waals surface area contributed by atoms with E-state index in [0.717, 1.165) is 0 Å². The molecule has 0 saturated carbocycles. The van der Waals surface area contributed by atoms with E-state index in [9.17, 15) is 0 Å². The molecule has 2 aromatic rings. The Hall–Kier alpha value is -1.64. The molecule has 92 valence electrons. The second-order valence-corrected chi connectivity index (χ2v) is 4.71. The first kappa shape index (κ1) is 11.5. The second kappa shape index (κ2) is 4.92. The Kier molecular flexibility index (Phi) is 3.13. The van der Waals surface area contributed by atoms with Crippen LogP contribution in [0.4, 0.5) is 0 Å². The van der Waals surface area contributed by atoms with Crippen molar-refractivity contribution >= 4 is 0 Å². The lowest BCUT2D eigenvalue weighted by molar-refractivity contribution is 0.0363. The van der Waals surface area contributed by atoms with Gasteiger partial charge >= 0.3 is 0 Å². The zero-order valence-corrected chi connectivity index (χ0v) is 10.4. The van der Waals surface area contributed by atoms with Gasteiger partial charge in [0.2, 0.25) is 0 Å². The van der Waals surface area contributed by atoms with Crippen LogP contribution in [0.15, 0.2) is 60.7 Å². The Labute approximate surface area is 108 Å². The van der Waals surface area contributed by atoms with Gasteiger partial charge in [0, 0.05) is 6.04 Å². The third-order valence-corrected chi connectivity index (χ3v) is 3.38. The quantitative estimate of drug-likeness (QED) is 0.866. The number of hydrogen-bond donors (Lipinski definition) is 1. The van der Waals surface area contributed by atoms with Gasteiger partial charge in [-0.05, 0) is 18.1 Å². The molecule has 1 fully saturated rings. The maximum Gasteiger partial charge on any atom is 0.135 e. The molecule has 1 aliphatic heterocycles. The lowest BCUT2D eigenvalue weighted by Crippen LogP contribution is -2.23. The highest BCUT2D eigenvalue weighted by Crippen LogP contribution is 2.34. The molecule has 0 aromatic heterocycles. The topological polar surface area (TPSA) is 21.3 Å². The zero-order chi connectivity index (χ0) is 12.4. The van der Waals surface area contributed by atoms with Crippen LogP contribution in [0.3, 0.4) is 0 Å². The molecule has 1 aliphatic rings. The highest BCUT2D eigenvalue weighted by molar-refractivity contribution is 5.23. The van der Waals surface area contributed by atoms with E-state index in [4.69, 9.17) is 4.74 Å². The summed E-state index contributed by atoms with van der Waals surface area (Å²) in [5, 5.41) is 3.50. The Balaban J connectivity index is 1.81. The zero-order valence-electron chi connectivity index (χ0n) is 10.4. The monoisotopic (exact) mass is 239 g/mol. The van der Waals surface area contributed by atoms with Gasteiger partial charge in [-0.25, -0.2) is 0 Å². The number of benzene rings is 2. The van der Waals surface area contributed by atoms with Gasteiger partial charge in [-0.1, -0.05) is 60.7 Å². The van der Waals surface area contributed by atoms with Crippen molar-refractivity contribution in [3.05, 3.63) is 71.8 Å². The molecular formula is C16H17NO. The van der Waals surface area contributed by atoms with Crippen molar-refractivity contribution in [1.29, 1.82) is 0 Å².